The van der Waals surface area contributed by atoms with E-state index in [9.17, 15) is 13.6 Å². The topological polar surface area (TPSA) is 65.8 Å². The van der Waals surface area contributed by atoms with Gasteiger partial charge in [-0.2, -0.15) is 0 Å². The molecule has 4 heterocycles. The molecule has 4 aromatic rings. The molecule has 160 valence electrons. The van der Waals surface area contributed by atoms with Crippen LogP contribution in [0.15, 0.2) is 30.5 Å². The molecular formula is C22H22F2N6O. The summed E-state index contributed by atoms with van der Waals surface area (Å²) in [6.45, 7) is 2.93. The molecule has 1 aliphatic heterocycles. The van der Waals surface area contributed by atoms with Crippen LogP contribution >= 0.6 is 0 Å². The number of pyridine rings is 2. The van der Waals surface area contributed by atoms with E-state index in [-0.39, 0.29) is 11.4 Å². The summed E-state index contributed by atoms with van der Waals surface area (Å²) in [5.74, 6) is -2.11. The number of carbonyl (C=O) groups excluding carboxylic acids is 1. The molecule has 0 saturated carbocycles. The van der Waals surface area contributed by atoms with Gasteiger partial charge < -0.3 is 15.1 Å². The lowest BCUT2D eigenvalue weighted by Crippen LogP contribution is -2.35. The third kappa shape index (κ3) is 3.07. The molecule has 31 heavy (non-hydrogen) atoms. The number of halogens is 2. The molecule has 1 N–H and O–H groups in total. The van der Waals surface area contributed by atoms with E-state index in [1.807, 2.05) is 18.0 Å². The molecule has 0 bridgehead atoms. The van der Waals surface area contributed by atoms with E-state index in [0.717, 1.165) is 31.6 Å². The van der Waals surface area contributed by atoms with Crippen LogP contribution in [0.1, 0.15) is 16.8 Å². The van der Waals surface area contributed by atoms with Crippen molar-refractivity contribution < 1.29 is 13.6 Å². The smallest absolute Gasteiger partial charge is 0.259 e. The van der Waals surface area contributed by atoms with E-state index in [1.54, 1.807) is 23.7 Å². The highest BCUT2D eigenvalue weighted by molar-refractivity contribution is 6.13. The summed E-state index contributed by atoms with van der Waals surface area (Å²) in [7, 11) is 3.78. The number of likely N-dealkylation sites (N-methyl/N-ethyl adjacent to an activating group) is 1. The summed E-state index contributed by atoms with van der Waals surface area (Å²) in [6, 6.07) is 5.80. The lowest BCUT2D eigenvalue weighted by molar-refractivity contribution is 0.0765. The molecule has 1 aromatic carbocycles. The second kappa shape index (κ2) is 7.42. The molecule has 0 spiro atoms. The fourth-order valence-electron chi connectivity index (χ4n) is 4.34. The van der Waals surface area contributed by atoms with Crippen molar-refractivity contribution in [3.63, 3.8) is 0 Å². The Morgan fingerprint density at radius 3 is 2.71 bits per heavy atom. The van der Waals surface area contributed by atoms with Gasteiger partial charge >= 0.3 is 0 Å². The first kappa shape index (κ1) is 19.6. The number of fused-ring (bicyclic) bond motifs is 5. The van der Waals surface area contributed by atoms with Crippen LogP contribution in [0.4, 0.5) is 14.5 Å². The Balaban J connectivity index is 1.85. The number of rotatable bonds is 2. The first-order valence-corrected chi connectivity index (χ1v) is 10.2. The highest BCUT2D eigenvalue weighted by Crippen LogP contribution is 2.34. The molecular weight excluding hydrogens is 402 g/mol. The zero-order valence-corrected chi connectivity index (χ0v) is 17.3. The number of anilines is 1. The predicted octanol–water partition coefficient (Wildman–Crippen LogP) is 3.13. The lowest BCUT2D eigenvalue weighted by Gasteiger charge is -2.23. The number of nitrogens with one attached hydrogen (secondary N) is 1. The molecule has 1 aliphatic rings. The highest BCUT2D eigenvalue weighted by atomic mass is 19.2. The maximum atomic E-state index is 14.1. The molecule has 0 unspecified atom stereocenters. The van der Waals surface area contributed by atoms with Gasteiger partial charge in [0.05, 0.1) is 16.7 Å². The maximum Gasteiger partial charge on any atom is 0.259 e. The molecule has 0 radical (unpaired) electrons. The molecule has 0 aliphatic carbocycles. The minimum absolute atomic E-state index is 0.161. The Morgan fingerprint density at radius 1 is 1.10 bits per heavy atom. The van der Waals surface area contributed by atoms with Crippen LogP contribution in [0.3, 0.4) is 0 Å². The SMILES string of the molecule is CNc1c(C(=O)N2CCCN(C)CC2)c2nc3cc(F)c(F)cc3n2c2ncccc12. The number of hydrogen-bond donors (Lipinski definition) is 1. The van der Waals surface area contributed by atoms with Crippen LogP contribution in [-0.4, -0.2) is 70.4 Å². The van der Waals surface area contributed by atoms with Crippen LogP contribution in [0.25, 0.3) is 27.7 Å². The minimum atomic E-state index is -0.981. The van der Waals surface area contributed by atoms with Gasteiger partial charge in [-0.1, -0.05) is 0 Å². The van der Waals surface area contributed by atoms with Gasteiger partial charge in [-0.05, 0) is 32.1 Å². The summed E-state index contributed by atoms with van der Waals surface area (Å²) < 4.78 is 29.7. The van der Waals surface area contributed by atoms with Crippen molar-refractivity contribution in [2.24, 2.45) is 0 Å². The fraction of sp³-hybridized carbons (Fsp3) is 0.318. The molecule has 1 amide bonds. The van der Waals surface area contributed by atoms with Crippen molar-refractivity contribution in [2.45, 2.75) is 6.42 Å². The number of nitrogens with zero attached hydrogens (tertiary/aromatic N) is 5. The number of hydrogen-bond acceptors (Lipinski definition) is 5. The van der Waals surface area contributed by atoms with E-state index >= 15 is 0 Å². The van der Waals surface area contributed by atoms with E-state index in [4.69, 9.17) is 0 Å². The van der Waals surface area contributed by atoms with E-state index in [0.29, 0.717) is 46.5 Å². The van der Waals surface area contributed by atoms with E-state index in [1.165, 1.54) is 0 Å². The normalized spacial score (nSPS) is 15.7. The number of benzene rings is 1. The number of carbonyl (C=O) groups is 1. The van der Waals surface area contributed by atoms with E-state index in [2.05, 4.69) is 20.2 Å². The minimum Gasteiger partial charge on any atom is -0.387 e. The molecule has 3 aromatic heterocycles. The summed E-state index contributed by atoms with van der Waals surface area (Å²) in [5, 5.41) is 3.85. The van der Waals surface area contributed by atoms with Crippen molar-refractivity contribution in [2.75, 3.05) is 45.6 Å². The highest BCUT2D eigenvalue weighted by Gasteiger charge is 2.28. The van der Waals surface area contributed by atoms with Gasteiger partial charge in [0.1, 0.15) is 11.2 Å². The van der Waals surface area contributed by atoms with Crippen molar-refractivity contribution in [3.8, 4) is 0 Å². The molecule has 1 fully saturated rings. The Labute approximate surface area is 177 Å². The number of amides is 1. The average Bonchev–Trinajstić information content (AvgIpc) is 2.97. The van der Waals surface area contributed by atoms with Crippen LogP contribution in [0.5, 0.6) is 0 Å². The Kier molecular flexibility index (Phi) is 4.70. The van der Waals surface area contributed by atoms with Crippen molar-refractivity contribution in [3.05, 3.63) is 47.7 Å². The van der Waals surface area contributed by atoms with Gasteiger partial charge in [0.15, 0.2) is 17.3 Å². The van der Waals surface area contributed by atoms with E-state index < -0.39 is 11.6 Å². The van der Waals surface area contributed by atoms with Crippen LogP contribution in [0.2, 0.25) is 0 Å². The second-order valence-corrected chi connectivity index (χ2v) is 7.85. The number of imidazole rings is 1. The molecule has 1 saturated heterocycles. The first-order chi connectivity index (χ1) is 15.0. The van der Waals surface area contributed by atoms with Crippen LogP contribution in [0, 0.1) is 11.6 Å². The Morgan fingerprint density at radius 2 is 1.90 bits per heavy atom. The van der Waals surface area contributed by atoms with Gasteiger partial charge in [0.25, 0.3) is 5.91 Å². The molecule has 9 heteroatoms. The van der Waals surface area contributed by atoms with Crippen molar-refractivity contribution in [1.82, 2.24) is 24.2 Å². The van der Waals surface area contributed by atoms with Gasteiger partial charge in [0, 0.05) is 50.4 Å². The third-order valence-electron chi connectivity index (χ3n) is 5.91. The van der Waals surface area contributed by atoms with Gasteiger partial charge in [-0.25, -0.2) is 18.7 Å². The average molecular weight is 424 g/mol. The zero-order valence-electron chi connectivity index (χ0n) is 17.3. The quantitative estimate of drug-likeness (QED) is 0.536. The second-order valence-electron chi connectivity index (χ2n) is 7.85. The molecule has 0 atom stereocenters. The standard InChI is InChI=1S/C22H22F2N6O/c1-25-19-13-5-3-6-26-20(13)30-17-12-15(24)14(23)11-16(17)27-21(30)18(19)22(31)29-8-4-7-28(2)9-10-29/h3,5-6,11-12,25H,4,7-10H2,1-2H3. The third-order valence-corrected chi connectivity index (χ3v) is 5.91. The summed E-state index contributed by atoms with van der Waals surface area (Å²) in [6.07, 6.45) is 2.49. The lowest BCUT2D eigenvalue weighted by atomic mass is 10.1. The van der Waals surface area contributed by atoms with Gasteiger partial charge in [-0.3, -0.25) is 9.20 Å². The zero-order chi connectivity index (χ0) is 21.7. The van der Waals surface area contributed by atoms with Gasteiger partial charge in [0.2, 0.25) is 0 Å². The van der Waals surface area contributed by atoms with Crippen LogP contribution in [-0.2, 0) is 0 Å². The monoisotopic (exact) mass is 424 g/mol. The summed E-state index contributed by atoms with van der Waals surface area (Å²) >= 11 is 0. The summed E-state index contributed by atoms with van der Waals surface area (Å²) in [5.41, 5.74) is 2.47. The largest absolute Gasteiger partial charge is 0.387 e. The van der Waals surface area contributed by atoms with Crippen molar-refractivity contribution >= 4 is 39.3 Å². The Bertz CT molecular complexity index is 1330. The fourth-order valence-corrected chi connectivity index (χ4v) is 4.34. The predicted molar refractivity (Wildman–Crippen MR) is 115 cm³/mol. The molecule has 5 rings (SSSR count). The maximum absolute atomic E-state index is 14.1. The molecule has 7 nitrogen and oxygen atoms in total. The Hall–Kier alpha value is -3.33. The first-order valence-electron chi connectivity index (χ1n) is 10.2. The summed E-state index contributed by atoms with van der Waals surface area (Å²) in [4.78, 5) is 26.8. The van der Waals surface area contributed by atoms with Crippen molar-refractivity contribution in [1.29, 1.82) is 0 Å². The number of aromatic nitrogens is 3. The van der Waals surface area contributed by atoms with Crippen LogP contribution < -0.4 is 5.32 Å². The van der Waals surface area contributed by atoms with Gasteiger partial charge in [-0.15, -0.1) is 0 Å².